The molecule has 0 radical (unpaired) electrons. The van der Waals surface area contributed by atoms with Gasteiger partial charge < -0.3 is 8.98 Å². The summed E-state index contributed by atoms with van der Waals surface area (Å²) in [4.78, 5) is 17.0. The van der Waals surface area contributed by atoms with E-state index in [1.165, 1.54) is 11.8 Å². The summed E-state index contributed by atoms with van der Waals surface area (Å²) in [7, 11) is 1.82. The monoisotopic (exact) mass is 344 g/mol. The third kappa shape index (κ3) is 4.03. The molecule has 0 aliphatic rings. The van der Waals surface area contributed by atoms with Crippen LogP contribution in [0.4, 0.5) is 0 Å². The summed E-state index contributed by atoms with van der Waals surface area (Å²) < 4.78 is 7.08. The Kier molecular flexibility index (Phi) is 5.29. The zero-order valence-corrected chi connectivity index (χ0v) is 13.8. The molecule has 7 nitrogen and oxygen atoms in total. The number of aromatic nitrogens is 3. The second kappa shape index (κ2) is 7.80. The molecule has 0 bridgehead atoms. The van der Waals surface area contributed by atoms with E-state index in [0.717, 1.165) is 5.56 Å². The molecule has 0 atom stereocenters. The molecular weight excluding hydrogens is 328 g/mol. The van der Waals surface area contributed by atoms with Crippen molar-refractivity contribution in [3.63, 3.8) is 0 Å². The topological polar surface area (TPSA) is 82.2 Å². The van der Waals surface area contributed by atoms with Gasteiger partial charge >= 0.3 is 0 Å². The van der Waals surface area contributed by atoms with Crippen molar-refractivity contribution in [2.45, 2.75) is 11.8 Å². The predicted molar refractivity (Wildman–Crippen MR) is 88.8 cm³/mol. The summed E-state index contributed by atoms with van der Waals surface area (Å²) in [6.45, 7) is 0.323. The van der Waals surface area contributed by atoms with Gasteiger partial charge in [-0.15, -0.1) is 10.2 Å². The maximum atomic E-state index is 11.8. The zero-order chi connectivity index (χ0) is 16.8. The molecule has 2 heterocycles. The maximum Gasteiger partial charge on any atom is 0.254 e. The third-order valence-electron chi connectivity index (χ3n) is 3.18. The highest BCUT2D eigenvalue weighted by Crippen LogP contribution is 2.22. The van der Waals surface area contributed by atoms with E-state index in [1.54, 1.807) is 16.9 Å². The van der Waals surface area contributed by atoms with Crippen molar-refractivity contribution >= 4 is 17.7 Å². The van der Waals surface area contributed by atoms with E-state index in [0.29, 0.717) is 23.3 Å². The number of furan rings is 1. The van der Waals surface area contributed by atoms with Gasteiger partial charge in [-0.25, -0.2) is 5.48 Å². The lowest BCUT2D eigenvalue weighted by molar-refractivity contribution is -0.131. The number of carbonyl (C=O) groups excluding carboxylic acids is 1. The number of rotatable bonds is 7. The Labute approximate surface area is 143 Å². The largest absolute Gasteiger partial charge is 0.461 e. The molecule has 0 spiro atoms. The highest BCUT2D eigenvalue weighted by atomic mass is 32.2. The molecule has 0 fully saturated rings. The smallest absolute Gasteiger partial charge is 0.254 e. The SMILES string of the molecule is Cn1c(SCC(=O)NOCc2ccccc2)nnc1-c1ccco1. The average Bonchev–Trinajstić information content (AvgIpc) is 3.24. The van der Waals surface area contributed by atoms with Gasteiger partial charge in [0.15, 0.2) is 16.7 Å². The van der Waals surface area contributed by atoms with Crippen LogP contribution in [0, 0.1) is 0 Å². The molecule has 1 aromatic carbocycles. The van der Waals surface area contributed by atoms with Crippen molar-refractivity contribution in [1.82, 2.24) is 20.2 Å². The van der Waals surface area contributed by atoms with Gasteiger partial charge in [0.2, 0.25) is 0 Å². The number of thioether (sulfide) groups is 1. The van der Waals surface area contributed by atoms with Crippen molar-refractivity contribution in [2.24, 2.45) is 7.05 Å². The first kappa shape index (κ1) is 16.3. The van der Waals surface area contributed by atoms with Crippen LogP contribution in [-0.4, -0.2) is 26.4 Å². The number of nitrogens with one attached hydrogen (secondary N) is 1. The third-order valence-corrected chi connectivity index (χ3v) is 4.20. The number of hydrogen-bond acceptors (Lipinski definition) is 6. The van der Waals surface area contributed by atoms with E-state index in [-0.39, 0.29) is 11.7 Å². The van der Waals surface area contributed by atoms with Crippen molar-refractivity contribution < 1.29 is 14.0 Å². The fraction of sp³-hybridized carbons (Fsp3) is 0.188. The summed E-state index contributed by atoms with van der Waals surface area (Å²) in [5, 5.41) is 8.76. The summed E-state index contributed by atoms with van der Waals surface area (Å²) >= 11 is 1.28. The van der Waals surface area contributed by atoms with Crippen LogP contribution in [0.3, 0.4) is 0 Å². The Morgan fingerprint density at radius 3 is 2.83 bits per heavy atom. The second-order valence-electron chi connectivity index (χ2n) is 4.93. The molecular formula is C16H16N4O3S. The molecule has 3 aromatic rings. The van der Waals surface area contributed by atoms with E-state index >= 15 is 0 Å². The van der Waals surface area contributed by atoms with E-state index in [9.17, 15) is 4.79 Å². The summed E-state index contributed by atoms with van der Waals surface area (Å²) in [5.74, 6) is 1.19. The van der Waals surface area contributed by atoms with Crippen molar-refractivity contribution in [3.8, 4) is 11.6 Å². The first-order valence-corrected chi connectivity index (χ1v) is 8.23. The van der Waals surface area contributed by atoms with Crippen LogP contribution in [0.1, 0.15) is 5.56 Å². The number of hydroxylamine groups is 1. The first-order valence-electron chi connectivity index (χ1n) is 7.24. The average molecular weight is 344 g/mol. The lowest BCUT2D eigenvalue weighted by Gasteiger charge is -2.06. The van der Waals surface area contributed by atoms with Gasteiger partial charge in [-0.3, -0.25) is 9.63 Å². The van der Waals surface area contributed by atoms with Gasteiger partial charge in [0, 0.05) is 7.05 Å². The van der Waals surface area contributed by atoms with Gasteiger partial charge in [-0.05, 0) is 17.7 Å². The molecule has 8 heteroatoms. The van der Waals surface area contributed by atoms with Gasteiger partial charge in [-0.1, -0.05) is 42.1 Å². The highest BCUT2D eigenvalue weighted by Gasteiger charge is 2.14. The van der Waals surface area contributed by atoms with Crippen LogP contribution in [0.2, 0.25) is 0 Å². The Morgan fingerprint density at radius 2 is 2.08 bits per heavy atom. The van der Waals surface area contributed by atoms with Gasteiger partial charge in [0.1, 0.15) is 0 Å². The van der Waals surface area contributed by atoms with Crippen molar-refractivity contribution in [2.75, 3.05) is 5.75 Å². The van der Waals surface area contributed by atoms with E-state index in [1.807, 2.05) is 43.4 Å². The number of carbonyl (C=O) groups is 1. The molecule has 0 saturated carbocycles. The summed E-state index contributed by atoms with van der Waals surface area (Å²) in [6, 6.07) is 13.2. The van der Waals surface area contributed by atoms with Crippen molar-refractivity contribution in [3.05, 3.63) is 54.3 Å². The second-order valence-corrected chi connectivity index (χ2v) is 5.87. The molecule has 24 heavy (non-hydrogen) atoms. The van der Waals surface area contributed by atoms with Crippen LogP contribution >= 0.6 is 11.8 Å². The molecule has 0 aliphatic carbocycles. The highest BCUT2D eigenvalue weighted by molar-refractivity contribution is 7.99. The fourth-order valence-corrected chi connectivity index (χ4v) is 2.69. The van der Waals surface area contributed by atoms with Gasteiger partial charge in [0.05, 0.1) is 18.6 Å². The standard InChI is InChI=1S/C16H16N4O3S/c1-20-15(13-8-5-9-22-13)17-18-16(20)24-11-14(21)19-23-10-12-6-3-2-4-7-12/h2-9H,10-11H2,1H3,(H,19,21). The van der Waals surface area contributed by atoms with Crippen LogP contribution in [-0.2, 0) is 23.3 Å². The van der Waals surface area contributed by atoms with Crippen molar-refractivity contribution in [1.29, 1.82) is 0 Å². The van der Waals surface area contributed by atoms with Gasteiger partial charge in [-0.2, -0.15) is 0 Å². The lowest BCUT2D eigenvalue weighted by Crippen LogP contribution is -2.25. The zero-order valence-electron chi connectivity index (χ0n) is 13.0. The van der Waals surface area contributed by atoms with Crippen LogP contribution in [0.25, 0.3) is 11.6 Å². The Bertz CT molecular complexity index is 787. The maximum absolute atomic E-state index is 11.8. The summed E-state index contributed by atoms with van der Waals surface area (Å²) in [5.41, 5.74) is 3.41. The van der Waals surface area contributed by atoms with Crippen LogP contribution in [0.5, 0.6) is 0 Å². The minimum Gasteiger partial charge on any atom is -0.461 e. The minimum absolute atomic E-state index is 0.179. The van der Waals surface area contributed by atoms with Crippen LogP contribution in [0.15, 0.2) is 58.3 Å². The number of benzene rings is 1. The molecule has 0 aliphatic heterocycles. The number of amides is 1. The lowest BCUT2D eigenvalue weighted by atomic mass is 10.2. The van der Waals surface area contributed by atoms with E-state index in [2.05, 4.69) is 15.7 Å². The summed E-state index contributed by atoms with van der Waals surface area (Å²) in [6.07, 6.45) is 1.58. The fourth-order valence-electron chi connectivity index (χ4n) is 1.99. The number of nitrogens with zero attached hydrogens (tertiary/aromatic N) is 3. The number of hydrogen-bond donors (Lipinski definition) is 1. The normalized spacial score (nSPS) is 10.7. The Morgan fingerprint density at radius 1 is 1.25 bits per heavy atom. The van der Waals surface area contributed by atoms with E-state index in [4.69, 9.17) is 9.25 Å². The molecule has 0 saturated heterocycles. The predicted octanol–water partition coefficient (Wildman–Crippen LogP) is 2.42. The molecule has 124 valence electrons. The molecule has 2 aromatic heterocycles. The molecule has 0 unspecified atom stereocenters. The van der Waals surface area contributed by atoms with Crippen LogP contribution < -0.4 is 5.48 Å². The Balaban J connectivity index is 1.46. The molecule has 3 rings (SSSR count). The van der Waals surface area contributed by atoms with Gasteiger partial charge in [0.25, 0.3) is 5.91 Å². The Hall–Kier alpha value is -2.58. The minimum atomic E-state index is -0.238. The van der Waals surface area contributed by atoms with E-state index < -0.39 is 0 Å². The molecule has 1 N–H and O–H groups in total. The molecule has 1 amide bonds. The quantitative estimate of drug-likeness (QED) is 0.523. The first-order chi connectivity index (χ1) is 11.7.